The second-order valence-electron chi connectivity index (χ2n) is 14.3. The highest BCUT2D eigenvalue weighted by Gasteiger charge is 2.41. The van der Waals surface area contributed by atoms with Crippen LogP contribution in [0.25, 0.3) is 60.9 Å². The van der Waals surface area contributed by atoms with Gasteiger partial charge in [0, 0.05) is 16.5 Å². The smallest absolute Gasteiger partial charge is 0.179 e. The average molecular weight is 739 g/mol. The number of hydrogen-bond donors (Lipinski definition) is 0. The number of benzene rings is 8. The van der Waals surface area contributed by atoms with E-state index in [1.54, 1.807) is 0 Å². The molecule has 0 fully saturated rings. The summed E-state index contributed by atoms with van der Waals surface area (Å²) >= 11 is 1.81. The minimum Gasteiger partial charge on any atom is -0.456 e. The van der Waals surface area contributed by atoms with Crippen LogP contribution in [0.3, 0.4) is 0 Å². The van der Waals surface area contributed by atoms with E-state index >= 15 is 0 Å². The first-order valence-corrected chi connectivity index (χ1v) is 21.7. The maximum atomic E-state index is 6.34. The van der Waals surface area contributed by atoms with Crippen molar-refractivity contribution in [3.63, 3.8) is 0 Å². The fourth-order valence-corrected chi connectivity index (χ4v) is 14.6. The summed E-state index contributed by atoms with van der Waals surface area (Å²) in [5, 5.41) is 8.75. The van der Waals surface area contributed by atoms with Crippen molar-refractivity contribution in [2.45, 2.75) is 10.9 Å². The predicted octanol–water partition coefficient (Wildman–Crippen LogP) is 10.2. The lowest BCUT2D eigenvalue weighted by molar-refractivity contribution is 0.669. The molecule has 0 N–H and O–H groups in total. The fraction of sp³-hybridized carbons (Fsp3) is 0.0200. The van der Waals surface area contributed by atoms with Crippen molar-refractivity contribution in [2.24, 2.45) is 0 Å². The molecule has 0 aliphatic carbocycles. The Hall–Kier alpha value is -6.40. The number of para-hydroxylation sites is 3. The number of thioether (sulfide) groups is 1. The van der Waals surface area contributed by atoms with Crippen molar-refractivity contribution < 1.29 is 4.42 Å². The summed E-state index contributed by atoms with van der Waals surface area (Å²) in [5.41, 5.74) is 11.4. The monoisotopic (exact) mass is 738 g/mol. The van der Waals surface area contributed by atoms with Gasteiger partial charge in [0.15, 0.2) is 13.2 Å². The van der Waals surface area contributed by atoms with Gasteiger partial charge in [0.05, 0.1) is 16.7 Å². The Morgan fingerprint density at radius 3 is 1.93 bits per heavy atom. The Morgan fingerprint density at radius 2 is 1.13 bits per heavy atom. The van der Waals surface area contributed by atoms with Crippen LogP contribution in [0.2, 0.25) is 0 Å². The Kier molecular flexibility index (Phi) is 7.51. The Balaban J connectivity index is 1.11. The second-order valence-corrected chi connectivity index (χ2v) is 19.0. The molecule has 260 valence electrons. The first-order chi connectivity index (χ1) is 27.3. The lowest BCUT2D eigenvalue weighted by Gasteiger charge is -2.35. The number of furan rings is 1. The molecule has 1 aliphatic heterocycles. The van der Waals surface area contributed by atoms with E-state index in [2.05, 4.69) is 193 Å². The van der Waals surface area contributed by atoms with Crippen molar-refractivity contribution in [1.82, 2.24) is 9.55 Å². The third kappa shape index (κ3) is 5.08. The highest BCUT2D eigenvalue weighted by molar-refractivity contribution is 7.98. The molecule has 1 aliphatic rings. The van der Waals surface area contributed by atoms with E-state index in [1.807, 2.05) is 17.8 Å². The van der Waals surface area contributed by atoms with E-state index in [-0.39, 0.29) is 0 Å². The van der Waals surface area contributed by atoms with E-state index in [4.69, 9.17) is 9.40 Å². The number of hydrogen-bond acceptors (Lipinski definition) is 3. The minimum absolute atomic E-state index is 0.893. The summed E-state index contributed by atoms with van der Waals surface area (Å²) in [6.07, 6.45) is 0. The molecule has 0 saturated heterocycles. The molecule has 0 atom stereocenters. The molecular weight excluding hydrogens is 705 g/mol. The number of nitrogens with zero attached hydrogens (tertiary/aromatic N) is 2. The number of imidazole rings is 1. The molecule has 0 radical (unpaired) electrons. The van der Waals surface area contributed by atoms with Crippen LogP contribution < -0.4 is 20.7 Å². The lowest BCUT2D eigenvalue weighted by atomic mass is 9.99. The van der Waals surface area contributed by atoms with Crippen LogP contribution in [-0.4, -0.2) is 17.6 Å². The van der Waals surface area contributed by atoms with E-state index in [1.165, 1.54) is 54.3 Å². The average Bonchev–Trinajstić information content (AvgIpc) is 3.84. The normalized spacial score (nSPS) is 12.6. The Bertz CT molecular complexity index is 3020. The highest BCUT2D eigenvalue weighted by atomic mass is 32.2. The quantitative estimate of drug-likeness (QED) is 0.126. The van der Waals surface area contributed by atoms with Gasteiger partial charge in [-0.2, -0.15) is 0 Å². The van der Waals surface area contributed by atoms with Gasteiger partial charge in [0.25, 0.3) is 0 Å². The van der Waals surface area contributed by atoms with Gasteiger partial charge >= 0.3 is 0 Å². The second kappa shape index (κ2) is 12.9. The largest absolute Gasteiger partial charge is 0.456 e. The van der Waals surface area contributed by atoms with Crippen molar-refractivity contribution in [1.29, 1.82) is 0 Å². The van der Waals surface area contributed by atoms with Crippen LogP contribution in [0.15, 0.2) is 204 Å². The van der Waals surface area contributed by atoms with Crippen molar-refractivity contribution in [2.75, 3.05) is 0 Å². The van der Waals surface area contributed by atoms with Gasteiger partial charge in [-0.15, -0.1) is 0 Å². The van der Waals surface area contributed by atoms with Crippen LogP contribution in [0.5, 0.6) is 0 Å². The summed E-state index contributed by atoms with van der Waals surface area (Å²) in [6, 6.07) is 71.3. The third-order valence-corrected chi connectivity index (χ3v) is 17.0. The van der Waals surface area contributed by atoms with Crippen LogP contribution >= 0.6 is 11.8 Å². The summed E-state index contributed by atoms with van der Waals surface area (Å²) < 4.78 is 8.67. The van der Waals surface area contributed by atoms with Gasteiger partial charge in [0.2, 0.25) is 0 Å². The molecule has 3 heterocycles. The summed E-state index contributed by atoms with van der Waals surface area (Å²) in [6.45, 7) is 0. The van der Waals surface area contributed by atoms with Gasteiger partial charge in [-0.3, -0.25) is 4.57 Å². The molecule has 8 aromatic carbocycles. The van der Waals surface area contributed by atoms with Crippen LogP contribution in [-0.2, 0) is 5.75 Å². The lowest BCUT2D eigenvalue weighted by Crippen LogP contribution is -2.74. The minimum atomic E-state index is -2.87. The summed E-state index contributed by atoms with van der Waals surface area (Å²) in [5.74, 6) is 0.893. The third-order valence-electron chi connectivity index (χ3n) is 11.3. The molecule has 0 unspecified atom stereocenters. The molecule has 5 heteroatoms. The van der Waals surface area contributed by atoms with Crippen LogP contribution in [0.4, 0.5) is 0 Å². The molecule has 2 aromatic heterocycles. The Morgan fingerprint density at radius 1 is 0.509 bits per heavy atom. The van der Waals surface area contributed by atoms with Gasteiger partial charge < -0.3 is 4.42 Å². The van der Waals surface area contributed by atoms with Crippen molar-refractivity contribution in [3.8, 4) is 27.9 Å². The topological polar surface area (TPSA) is 31.0 Å². The first-order valence-electron chi connectivity index (χ1n) is 18.7. The predicted molar refractivity (Wildman–Crippen MR) is 232 cm³/mol. The maximum Gasteiger partial charge on any atom is 0.179 e. The zero-order valence-corrected chi connectivity index (χ0v) is 31.7. The number of aromatic nitrogens is 2. The molecule has 0 spiro atoms. The maximum absolute atomic E-state index is 6.34. The van der Waals surface area contributed by atoms with Gasteiger partial charge in [0.1, 0.15) is 11.2 Å². The number of rotatable bonds is 6. The number of fused-ring (bicyclic) bond motifs is 8. The SMILES string of the molecule is c1ccc([Si](c2ccccc2)(c2cccc(-c3ccc4c(c3)CSc3nc5ccccc5n3-4)c2)c2cccc(-c3cccc4oc5ccccc5c34)c2)cc1. The van der Waals surface area contributed by atoms with E-state index in [0.717, 1.165) is 43.9 Å². The fourth-order valence-electron chi connectivity index (χ4n) is 8.82. The van der Waals surface area contributed by atoms with E-state index in [0.29, 0.717) is 0 Å². The molecule has 55 heavy (non-hydrogen) atoms. The standard InChI is InChI=1S/C50H34N2OSSi/c1-3-16-38(17-4-1)55(39-18-5-2-6-19-39,41-21-12-15-36(32-41)42-23-13-27-48-49(42)43-22-7-10-26-47(43)53-48)40-20-11-14-34(31-40)35-28-29-45-37(30-35)33-54-50-51-44-24-8-9-25-46(44)52(45)50/h1-32H,33H2. The zero-order valence-electron chi connectivity index (χ0n) is 29.9. The van der Waals surface area contributed by atoms with E-state index in [9.17, 15) is 0 Å². The molecule has 3 nitrogen and oxygen atoms in total. The van der Waals surface area contributed by atoms with Crippen LogP contribution in [0, 0.1) is 0 Å². The van der Waals surface area contributed by atoms with Gasteiger partial charge in [-0.1, -0.05) is 169 Å². The van der Waals surface area contributed by atoms with Crippen molar-refractivity contribution >= 4 is 73.6 Å². The molecule has 0 amide bonds. The molecule has 0 saturated carbocycles. The van der Waals surface area contributed by atoms with Crippen LogP contribution in [0.1, 0.15) is 5.56 Å². The van der Waals surface area contributed by atoms with Crippen molar-refractivity contribution in [3.05, 3.63) is 200 Å². The van der Waals surface area contributed by atoms with E-state index < -0.39 is 8.07 Å². The summed E-state index contributed by atoms with van der Waals surface area (Å²) in [7, 11) is -2.87. The molecular formula is C50H34N2OSSi. The van der Waals surface area contributed by atoms with Gasteiger partial charge in [-0.25, -0.2) is 4.98 Å². The highest BCUT2D eigenvalue weighted by Crippen LogP contribution is 2.39. The Labute approximate surface area is 324 Å². The molecule has 11 rings (SSSR count). The van der Waals surface area contributed by atoms with Gasteiger partial charge in [-0.05, 0) is 85.0 Å². The zero-order chi connectivity index (χ0) is 36.3. The summed E-state index contributed by atoms with van der Waals surface area (Å²) in [4.78, 5) is 4.93. The molecule has 10 aromatic rings. The first kappa shape index (κ1) is 32.1. The molecule has 0 bridgehead atoms.